The van der Waals surface area contributed by atoms with Crippen LogP contribution in [0.3, 0.4) is 0 Å². The van der Waals surface area contributed by atoms with Crippen LogP contribution in [-0.2, 0) is 6.61 Å². The normalized spacial score (nSPS) is 10.6. The van der Waals surface area contributed by atoms with Crippen molar-refractivity contribution >= 4 is 34.5 Å². The molecule has 2 aromatic heterocycles. The van der Waals surface area contributed by atoms with E-state index in [1.165, 1.54) is 11.3 Å². The molecule has 2 heterocycles. The highest BCUT2D eigenvalue weighted by Crippen LogP contribution is 2.26. The second kappa shape index (κ2) is 8.29. The molecule has 1 amide bonds. The number of ether oxygens (including phenoxy) is 1. The quantitative estimate of drug-likeness (QED) is 0.430. The van der Waals surface area contributed by atoms with Crippen molar-refractivity contribution in [1.29, 1.82) is 0 Å². The van der Waals surface area contributed by atoms with E-state index >= 15 is 0 Å². The number of anilines is 1. The van der Waals surface area contributed by atoms with Gasteiger partial charge in [0.1, 0.15) is 12.4 Å². The molecule has 0 unspecified atom stereocenters. The van der Waals surface area contributed by atoms with E-state index in [4.69, 9.17) is 20.9 Å². The van der Waals surface area contributed by atoms with Crippen LogP contribution in [0.4, 0.5) is 5.69 Å². The molecular weight excluding hydrogens is 396 g/mol. The highest BCUT2D eigenvalue weighted by Gasteiger charge is 2.14. The molecule has 1 N–H and O–H groups in total. The van der Waals surface area contributed by atoms with Gasteiger partial charge in [-0.25, -0.2) is 0 Å². The molecule has 4 rings (SSSR count). The number of carbonyl (C=O) groups is 1. The van der Waals surface area contributed by atoms with Crippen molar-refractivity contribution in [3.8, 4) is 16.4 Å². The summed E-state index contributed by atoms with van der Waals surface area (Å²) in [5, 5.41) is 9.26. The SMILES string of the molecule is O=C(Nc1cccc(OCc2cccc(Cl)c2)c1)c1cc(-c2cccs2)on1. The van der Waals surface area contributed by atoms with Crippen LogP contribution < -0.4 is 10.1 Å². The molecule has 0 aliphatic carbocycles. The predicted octanol–water partition coefficient (Wildman–Crippen LogP) is 5.89. The van der Waals surface area contributed by atoms with Gasteiger partial charge in [0.25, 0.3) is 5.91 Å². The number of halogens is 1. The molecule has 28 heavy (non-hydrogen) atoms. The Hall–Kier alpha value is -3.09. The standard InChI is InChI=1S/C21H15ClN2O3S/c22-15-5-1-4-14(10-15)13-26-17-7-2-6-16(11-17)23-21(25)18-12-19(27-24-18)20-8-3-9-28-20/h1-12H,13H2,(H,23,25). The van der Waals surface area contributed by atoms with Crippen molar-refractivity contribution in [1.82, 2.24) is 5.16 Å². The number of carbonyl (C=O) groups excluding carboxylic acids is 1. The Kier molecular flexibility index (Phi) is 5.41. The lowest BCUT2D eigenvalue weighted by Crippen LogP contribution is -2.12. The van der Waals surface area contributed by atoms with Crippen LogP contribution in [0, 0.1) is 0 Å². The van der Waals surface area contributed by atoms with Crippen molar-refractivity contribution in [2.75, 3.05) is 5.32 Å². The maximum atomic E-state index is 12.4. The first kappa shape index (κ1) is 18.3. The molecule has 0 saturated carbocycles. The molecule has 0 fully saturated rings. The zero-order chi connectivity index (χ0) is 19.3. The Morgan fingerprint density at radius 2 is 2.00 bits per heavy atom. The van der Waals surface area contributed by atoms with E-state index in [1.807, 2.05) is 53.9 Å². The van der Waals surface area contributed by atoms with Crippen LogP contribution in [0.15, 0.2) is 76.6 Å². The summed E-state index contributed by atoms with van der Waals surface area (Å²) in [4.78, 5) is 13.4. The fraction of sp³-hybridized carbons (Fsp3) is 0.0476. The highest BCUT2D eigenvalue weighted by atomic mass is 35.5. The molecule has 0 aliphatic heterocycles. The first-order valence-electron chi connectivity index (χ1n) is 8.47. The van der Waals surface area contributed by atoms with Crippen LogP contribution in [0.5, 0.6) is 5.75 Å². The Balaban J connectivity index is 1.41. The maximum absolute atomic E-state index is 12.4. The van der Waals surface area contributed by atoms with Crippen LogP contribution in [0.2, 0.25) is 5.02 Å². The molecule has 140 valence electrons. The molecule has 7 heteroatoms. The van der Waals surface area contributed by atoms with Crippen LogP contribution in [0.1, 0.15) is 16.1 Å². The van der Waals surface area contributed by atoms with Gasteiger partial charge >= 0.3 is 0 Å². The third kappa shape index (κ3) is 4.42. The summed E-state index contributed by atoms with van der Waals surface area (Å²) < 4.78 is 11.0. The summed E-state index contributed by atoms with van der Waals surface area (Å²) in [6.45, 7) is 0.380. The lowest BCUT2D eigenvalue weighted by Gasteiger charge is -2.09. The number of nitrogens with zero attached hydrogens (tertiary/aromatic N) is 1. The molecule has 4 aromatic rings. The van der Waals surface area contributed by atoms with Crippen molar-refractivity contribution in [3.63, 3.8) is 0 Å². The largest absolute Gasteiger partial charge is 0.489 e. The second-order valence-electron chi connectivity index (χ2n) is 5.95. The van der Waals surface area contributed by atoms with Crippen LogP contribution in [0.25, 0.3) is 10.6 Å². The average molecular weight is 411 g/mol. The van der Waals surface area contributed by atoms with Crippen molar-refractivity contribution in [2.45, 2.75) is 6.61 Å². The minimum atomic E-state index is -0.349. The summed E-state index contributed by atoms with van der Waals surface area (Å²) in [6, 6.07) is 20.1. The van der Waals surface area contributed by atoms with Gasteiger partial charge in [0.2, 0.25) is 0 Å². The first-order valence-corrected chi connectivity index (χ1v) is 9.72. The zero-order valence-corrected chi connectivity index (χ0v) is 16.2. The number of nitrogens with one attached hydrogen (secondary N) is 1. The van der Waals surface area contributed by atoms with Crippen molar-refractivity contribution in [2.24, 2.45) is 0 Å². The lowest BCUT2D eigenvalue weighted by molar-refractivity contribution is 0.101. The Labute approximate surface area is 170 Å². The van der Waals surface area contributed by atoms with Crippen LogP contribution in [-0.4, -0.2) is 11.1 Å². The number of aromatic nitrogens is 1. The topological polar surface area (TPSA) is 64.4 Å². The minimum Gasteiger partial charge on any atom is -0.489 e. The molecule has 2 aromatic carbocycles. The van der Waals surface area contributed by atoms with Crippen molar-refractivity contribution in [3.05, 3.63) is 88.4 Å². The number of hydrogen-bond acceptors (Lipinski definition) is 5. The van der Waals surface area contributed by atoms with Gasteiger partial charge in [-0.15, -0.1) is 11.3 Å². The minimum absolute atomic E-state index is 0.216. The van der Waals surface area contributed by atoms with E-state index in [2.05, 4.69) is 10.5 Å². The molecule has 5 nitrogen and oxygen atoms in total. The number of benzene rings is 2. The third-order valence-electron chi connectivity index (χ3n) is 3.89. The maximum Gasteiger partial charge on any atom is 0.277 e. The average Bonchev–Trinajstić information content (AvgIpc) is 3.38. The van der Waals surface area contributed by atoms with E-state index in [-0.39, 0.29) is 11.6 Å². The lowest BCUT2D eigenvalue weighted by atomic mass is 10.2. The Bertz CT molecular complexity index is 1090. The van der Waals surface area contributed by atoms with Gasteiger partial charge in [-0.2, -0.15) is 0 Å². The van der Waals surface area contributed by atoms with E-state index in [0.717, 1.165) is 10.4 Å². The van der Waals surface area contributed by atoms with E-state index in [9.17, 15) is 4.79 Å². The zero-order valence-electron chi connectivity index (χ0n) is 14.6. The van der Waals surface area contributed by atoms with Gasteiger partial charge in [-0.1, -0.05) is 41.0 Å². The number of hydrogen-bond donors (Lipinski definition) is 1. The molecule has 0 saturated heterocycles. The molecule has 0 spiro atoms. The summed E-state index contributed by atoms with van der Waals surface area (Å²) in [5.74, 6) is 0.856. The third-order valence-corrected chi connectivity index (χ3v) is 5.01. The van der Waals surface area contributed by atoms with Crippen LogP contribution >= 0.6 is 22.9 Å². The van der Waals surface area contributed by atoms with E-state index in [1.54, 1.807) is 18.2 Å². The summed E-state index contributed by atoms with van der Waals surface area (Å²) >= 11 is 7.51. The van der Waals surface area contributed by atoms with Gasteiger partial charge in [0.05, 0.1) is 4.88 Å². The summed E-state index contributed by atoms with van der Waals surface area (Å²) in [7, 11) is 0. The van der Waals surface area contributed by atoms with E-state index in [0.29, 0.717) is 28.8 Å². The highest BCUT2D eigenvalue weighted by molar-refractivity contribution is 7.13. The number of amides is 1. The fourth-order valence-electron chi connectivity index (χ4n) is 2.57. The first-order chi connectivity index (χ1) is 13.7. The van der Waals surface area contributed by atoms with Gasteiger partial charge in [0.15, 0.2) is 11.5 Å². The smallest absolute Gasteiger partial charge is 0.277 e. The van der Waals surface area contributed by atoms with Gasteiger partial charge in [-0.05, 0) is 41.3 Å². The van der Waals surface area contributed by atoms with E-state index < -0.39 is 0 Å². The van der Waals surface area contributed by atoms with Gasteiger partial charge in [-0.3, -0.25) is 4.79 Å². The Morgan fingerprint density at radius 3 is 2.82 bits per heavy atom. The molecule has 0 radical (unpaired) electrons. The number of rotatable bonds is 6. The summed E-state index contributed by atoms with van der Waals surface area (Å²) in [5.41, 5.74) is 1.79. The summed E-state index contributed by atoms with van der Waals surface area (Å²) in [6.07, 6.45) is 0. The molecule has 0 aliphatic rings. The predicted molar refractivity (Wildman–Crippen MR) is 110 cm³/mol. The number of thiophene rings is 1. The van der Waals surface area contributed by atoms with Gasteiger partial charge < -0.3 is 14.6 Å². The molecular formula is C21H15ClN2O3S. The Morgan fingerprint density at radius 1 is 1.11 bits per heavy atom. The second-order valence-corrected chi connectivity index (χ2v) is 7.34. The van der Waals surface area contributed by atoms with Gasteiger partial charge in [0, 0.05) is 22.8 Å². The monoisotopic (exact) mass is 410 g/mol. The molecule has 0 bridgehead atoms. The molecule has 0 atom stereocenters. The van der Waals surface area contributed by atoms with Crippen molar-refractivity contribution < 1.29 is 14.1 Å². The fourth-order valence-corrected chi connectivity index (χ4v) is 3.46.